The van der Waals surface area contributed by atoms with Crippen LogP contribution in [0.3, 0.4) is 0 Å². The summed E-state index contributed by atoms with van der Waals surface area (Å²) in [7, 11) is 0. The molecule has 5 rings (SSSR count). The van der Waals surface area contributed by atoms with Gasteiger partial charge in [0.15, 0.2) is 0 Å². The van der Waals surface area contributed by atoms with Gasteiger partial charge in [0.1, 0.15) is 0 Å². The number of nitrogen functional groups attached to an aromatic ring is 2. The largest absolute Gasteiger partial charge is 0.399 e. The molecule has 4 N–H and O–H groups in total. The Labute approximate surface area is 401 Å². The summed E-state index contributed by atoms with van der Waals surface area (Å²) in [6, 6.07) is 37.7. The van der Waals surface area contributed by atoms with Crippen LogP contribution in [0.2, 0.25) is 0 Å². The van der Waals surface area contributed by atoms with E-state index in [1.54, 1.807) is 0 Å². The molecule has 0 aromatic heterocycles. The second kappa shape index (κ2) is 30.7. The van der Waals surface area contributed by atoms with Crippen molar-refractivity contribution in [3.05, 3.63) is 130 Å². The van der Waals surface area contributed by atoms with E-state index in [1.807, 2.05) is 0 Å². The normalized spacial score (nSPS) is 17.3. The van der Waals surface area contributed by atoms with E-state index in [4.69, 9.17) is 11.5 Å². The van der Waals surface area contributed by atoms with E-state index in [-0.39, 0.29) is 5.41 Å². The van der Waals surface area contributed by atoms with Crippen LogP contribution < -0.4 is 11.5 Å². The predicted molar refractivity (Wildman–Crippen MR) is 287 cm³/mol. The summed E-state index contributed by atoms with van der Waals surface area (Å²) < 4.78 is 0. The van der Waals surface area contributed by atoms with Crippen LogP contribution in [-0.2, 0) is 5.41 Å². The van der Waals surface area contributed by atoms with Crippen molar-refractivity contribution in [2.75, 3.05) is 11.5 Å². The predicted octanol–water partition coefficient (Wildman–Crippen LogP) is 19.6. The number of benzene rings is 4. The molecule has 2 atom stereocenters. The molecule has 358 valence electrons. The van der Waals surface area contributed by atoms with Gasteiger partial charge in [-0.15, -0.1) is 0 Å². The summed E-state index contributed by atoms with van der Waals surface area (Å²) in [5.74, 6) is 1.66. The highest BCUT2D eigenvalue weighted by atomic mass is 14.5. The molecule has 2 nitrogen and oxygen atoms in total. The molecule has 1 saturated carbocycles. The number of hydrogen-bond donors (Lipinski definition) is 2. The average molecular weight is 881 g/mol. The van der Waals surface area contributed by atoms with Crippen LogP contribution in [0.5, 0.6) is 0 Å². The van der Waals surface area contributed by atoms with Crippen LogP contribution in [0.1, 0.15) is 271 Å². The highest BCUT2D eigenvalue weighted by Gasteiger charge is 2.38. The molecule has 1 aliphatic carbocycles. The van der Waals surface area contributed by atoms with Crippen molar-refractivity contribution in [2.45, 2.75) is 243 Å². The molecule has 1 aliphatic rings. The lowest BCUT2D eigenvalue weighted by Gasteiger charge is -2.42. The Bertz CT molecular complexity index is 1650. The molecular weight excluding hydrogens is 785 g/mol. The van der Waals surface area contributed by atoms with Crippen LogP contribution in [-0.4, -0.2) is 0 Å². The Balaban J connectivity index is 1.33. The van der Waals surface area contributed by atoms with Crippen molar-refractivity contribution in [1.29, 1.82) is 0 Å². The van der Waals surface area contributed by atoms with Gasteiger partial charge in [0, 0.05) is 28.6 Å². The second-order valence-electron chi connectivity index (χ2n) is 20.9. The molecule has 0 heterocycles. The summed E-state index contributed by atoms with van der Waals surface area (Å²) in [6.07, 6.45) is 43.3. The van der Waals surface area contributed by atoms with Crippen LogP contribution in [0.4, 0.5) is 11.4 Å². The first-order chi connectivity index (χ1) is 32.0. The smallest absolute Gasteiger partial charge is 0.0314 e. The molecule has 2 unspecified atom stereocenters. The Morgan fingerprint density at radius 2 is 0.646 bits per heavy atom. The van der Waals surface area contributed by atoms with Gasteiger partial charge in [-0.25, -0.2) is 0 Å². The first kappa shape index (κ1) is 52.4. The second-order valence-corrected chi connectivity index (χ2v) is 20.9. The average Bonchev–Trinajstić information content (AvgIpc) is 3.34. The van der Waals surface area contributed by atoms with Crippen LogP contribution in [0.15, 0.2) is 97.1 Å². The summed E-state index contributed by atoms with van der Waals surface area (Å²) in [6.45, 7) is 6.93. The maximum atomic E-state index is 6.21. The molecule has 4 aromatic carbocycles. The number of hydrogen-bond acceptors (Lipinski definition) is 2. The molecule has 0 amide bonds. The SMILES string of the molecule is CCCCCCCCCCCC1CCC(c2ccc(C(CCCCCCCCCC)c3ccc(N)cc3)cc2)(c2ccc(C(CCCCCCCCCC)c3ccc(N)cc3)cc2)CC1. The minimum absolute atomic E-state index is 0.0506. The minimum Gasteiger partial charge on any atom is -0.399 e. The molecule has 0 aliphatic heterocycles. The van der Waals surface area contributed by atoms with Crippen molar-refractivity contribution in [2.24, 2.45) is 5.92 Å². The zero-order valence-corrected chi connectivity index (χ0v) is 42.3. The zero-order valence-electron chi connectivity index (χ0n) is 42.3. The Hall–Kier alpha value is -3.52. The third-order valence-corrected chi connectivity index (χ3v) is 15.8. The van der Waals surface area contributed by atoms with E-state index in [9.17, 15) is 0 Å². The molecule has 0 bridgehead atoms. The van der Waals surface area contributed by atoms with Gasteiger partial charge in [-0.05, 0) is 102 Å². The molecular formula is C63H96N2. The van der Waals surface area contributed by atoms with E-state index in [0.717, 1.165) is 17.3 Å². The number of nitrogens with two attached hydrogens (primary N) is 2. The molecule has 65 heavy (non-hydrogen) atoms. The van der Waals surface area contributed by atoms with E-state index < -0.39 is 0 Å². The molecule has 0 spiro atoms. The molecule has 1 fully saturated rings. The maximum absolute atomic E-state index is 6.21. The monoisotopic (exact) mass is 881 g/mol. The molecule has 0 radical (unpaired) electrons. The fraction of sp³-hybridized carbons (Fsp3) is 0.619. The third kappa shape index (κ3) is 17.9. The summed E-state index contributed by atoms with van der Waals surface area (Å²) in [4.78, 5) is 0. The van der Waals surface area contributed by atoms with E-state index in [2.05, 4.69) is 118 Å². The molecule has 4 aromatic rings. The maximum Gasteiger partial charge on any atom is 0.0314 e. The summed E-state index contributed by atoms with van der Waals surface area (Å²) in [5, 5.41) is 0. The lowest BCUT2D eigenvalue weighted by molar-refractivity contribution is 0.250. The molecule has 0 saturated heterocycles. The van der Waals surface area contributed by atoms with Crippen molar-refractivity contribution >= 4 is 11.4 Å². The fourth-order valence-corrected chi connectivity index (χ4v) is 11.5. The van der Waals surface area contributed by atoms with Crippen molar-refractivity contribution in [1.82, 2.24) is 0 Å². The third-order valence-electron chi connectivity index (χ3n) is 15.8. The number of unbranched alkanes of at least 4 members (excludes halogenated alkanes) is 22. The summed E-state index contributed by atoms with van der Waals surface area (Å²) >= 11 is 0. The Kier molecular flexibility index (Phi) is 24.8. The Morgan fingerprint density at radius 3 is 0.969 bits per heavy atom. The standard InChI is InChI=1S/C63H96N2/c1-4-7-10-13-16-19-20-23-26-29-52-48-50-63(51-49-52,57-40-32-53(33-41-57)61(55-36-44-59(64)45-37-55)30-27-24-21-17-14-11-8-5-2)58-42-34-54(35-43-58)62(56-38-46-60(65)47-39-56)31-28-25-22-18-15-12-9-6-3/h32-47,52,61-62H,4-31,48-51,64-65H2,1-3H3. The quantitative estimate of drug-likeness (QED) is 0.0363. The van der Waals surface area contributed by atoms with Gasteiger partial charge in [0.05, 0.1) is 0 Å². The fourth-order valence-electron chi connectivity index (χ4n) is 11.5. The first-order valence-electron chi connectivity index (χ1n) is 27.9. The topological polar surface area (TPSA) is 52.0 Å². The highest BCUT2D eigenvalue weighted by molar-refractivity contribution is 5.47. The number of rotatable bonds is 34. The van der Waals surface area contributed by atoms with Gasteiger partial charge in [0.25, 0.3) is 0 Å². The van der Waals surface area contributed by atoms with Crippen molar-refractivity contribution < 1.29 is 0 Å². The number of anilines is 2. The summed E-state index contributed by atoms with van der Waals surface area (Å²) in [5.41, 5.74) is 22.9. The minimum atomic E-state index is 0.0506. The molecule has 2 heteroatoms. The van der Waals surface area contributed by atoms with Gasteiger partial charge < -0.3 is 11.5 Å². The highest BCUT2D eigenvalue weighted by Crippen LogP contribution is 2.48. The van der Waals surface area contributed by atoms with Gasteiger partial charge >= 0.3 is 0 Å². The van der Waals surface area contributed by atoms with Gasteiger partial charge in [-0.1, -0.05) is 261 Å². The lowest BCUT2D eigenvalue weighted by Crippen LogP contribution is -2.33. The van der Waals surface area contributed by atoms with Crippen LogP contribution >= 0.6 is 0 Å². The van der Waals surface area contributed by atoms with Crippen LogP contribution in [0.25, 0.3) is 0 Å². The van der Waals surface area contributed by atoms with Gasteiger partial charge in [-0.2, -0.15) is 0 Å². The van der Waals surface area contributed by atoms with E-state index >= 15 is 0 Å². The van der Waals surface area contributed by atoms with Gasteiger partial charge in [0.2, 0.25) is 0 Å². The van der Waals surface area contributed by atoms with Crippen LogP contribution in [0, 0.1) is 5.92 Å². The van der Waals surface area contributed by atoms with Gasteiger partial charge in [-0.3, -0.25) is 0 Å². The van der Waals surface area contributed by atoms with E-state index in [1.165, 1.54) is 239 Å². The van der Waals surface area contributed by atoms with E-state index in [0.29, 0.717) is 11.8 Å². The lowest BCUT2D eigenvalue weighted by atomic mass is 9.62. The van der Waals surface area contributed by atoms with Crippen molar-refractivity contribution in [3.63, 3.8) is 0 Å². The Morgan fingerprint density at radius 1 is 0.369 bits per heavy atom. The first-order valence-corrected chi connectivity index (χ1v) is 27.9. The zero-order chi connectivity index (χ0) is 45.8. The van der Waals surface area contributed by atoms with Crippen molar-refractivity contribution in [3.8, 4) is 0 Å².